The predicted octanol–water partition coefficient (Wildman–Crippen LogP) is 2.55. The molecular weight excluding hydrogens is 396 g/mol. The Labute approximate surface area is 167 Å². The standard InChI is InChI=1S/C19H20N4O5S/c1-14-6-7-15(23(24)25)12-18(14)29(26,27)22-10-8-21(9-11-22)13-19-20-16-4-2-3-5-17(16)28-19/h2-7,12H,8-11,13H2,1H3. The van der Waals surface area contributed by atoms with Gasteiger partial charge in [-0.3, -0.25) is 15.0 Å². The number of aromatic nitrogens is 1. The van der Waals surface area contributed by atoms with Crippen LogP contribution in [-0.4, -0.2) is 53.7 Å². The van der Waals surface area contributed by atoms with E-state index in [1.54, 1.807) is 6.92 Å². The van der Waals surface area contributed by atoms with Crippen molar-refractivity contribution in [3.63, 3.8) is 0 Å². The molecular formula is C19H20N4O5S. The molecule has 0 spiro atoms. The second-order valence-electron chi connectivity index (χ2n) is 6.96. The maximum absolute atomic E-state index is 13.0. The zero-order chi connectivity index (χ0) is 20.6. The topological polar surface area (TPSA) is 110 Å². The Hall–Kier alpha value is -2.82. The third-order valence-corrected chi connectivity index (χ3v) is 7.07. The monoisotopic (exact) mass is 416 g/mol. The summed E-state index contributed by atoms with van der Waals surface area (Å²) in [5, 5.41) is 11.0. The van der Waals surface area contributed by atoms with Crippen LogP contribution < -0.4 is 0 Å². The van der Waals surface area contributed by atoms with Crippen LogP contribution in [0.3, 0.4) is 0 Å². The molecule has 9 nitrogen and oxygen atoms in total. The second kappa shape index (κ2) is 7.54. The van der Waals surface area contributed by atoms with E-state index in [0.717, 1.165) is 17.2 Å². The van der Waals surface area contributed by atoms with Crippen LogP contribution in [-0.2, 0) is 16.6 Å². The van der Waals surface area contributed by atoms with Crippen molar-refractivity contribution in [2.45, 2.75) is 18.4 Å². The molecule has 1 fully saturated rings. The molecule has 0 amide bonds. The zero-order valence-electron chi connectivity index (χ0n) is 15.8. The van der Waals surface area contributed by atoms with Crippen LogP contribution in [0.4, 0.5) is 5.69 Å². The van der Waals surface area contributed by atoms with E-state index in [4.69, 9.17) is 4.42 Å². The number of hydrogen-bond donors (Lipinski definition) is 0. The van der Waals surface area contributed by atoms with Gasteiger partial charge in [-0.05, 0) is 24.6 Å². The van der Waals surface area contributed by atoms with Crippen LogP contribution in [0.25, 0.3) is 11.1 Å². The summed E-state index contributed by atoms with van der Waals surface area (Å²) in [6.07, 6.45) is 0. The average molecular weight is 416 g/mol. The third-order valence-electron chi connectivity index (χ3n) is 5.03. The minimum absolute atomic E-state index is 0.0147. The van der Waals surface area contributed by atoms with Gasteiger partial charge in [0, 0.05) is 38.3 Å². The van der Waals surface area contributed by atoms with Gasteiger partial charge in [-0.1, -0.05) is 18.2 Å². The zero-order valence-corrected chi connectivity index (χ0v) is 16.6. The smallest absolute Gasteiger partial charge is 0.270 e. The highest BCUT2D eigenvalue weighted by Gasteiger charge is 2.31. The first kappa shape index (κ1) is 19.5. The summed E-state index contributed by atoms with van der Waals surface area (Å²) in [7, 11) is -3.80. The van der Waals surface area contributed by atoms with Crippen molar-refractivity contribution in [3.05, 3.63) is 64.0 Å². The van der Waals surface area contributed by atoms with Gasteiger partial charge in [0.1, 0.15) is 5.52 Å². The molecule has 2 aromatic carbocycles. The Morgan fingerprint density at radius 3 is 2.55 bits per heavy atom. The van der Waals surface area contributed by atoms with Crippen molar-refractivity contribution in [3.8, 4) is 0 Å². The Balaban J connectivity index is 1.46. The molecule has 3 aromatic rings. The molecule has 1 saturated heterocycles. The number of piperazine rings is 1. The predicted molar refractivity (Wildman–Crippen MR) is 106 cm³/mol. The minimum atomic E-state index is -3.80. The van der Waals surface area contributed by atoms with Gasteiger partial charge in [-0.15, -0.1) is 0 Å². The van der Waals surface area contributed by atoms with Crippen molar-refractivity contribution in [2.24, 2.45) is 0 Å². The SMILES string of the molecule is Cc1ccc([N+](=O)[O-])cc1S(=O)(=O)N1CCN(Cc2nc3ccccc3o2)CC1. The molecule has 0 radical (unpaired) electrons. The Kier molecular flexibility index (Phi) is 5.07. The summed E-state index contributed by atoms with van der Waals surface area (Å²) < 4.78 is 33.2. The van der Waals surface area contributed by atoms with E-state index in [2.05, 4.69) is 9.88 Å². The number of hydrogen-bond acceptors (Lipinski definition) is 7. The van der Waals surface area contributed by atoms with Gasteiger partial charge in [0.05, 0.1) is 16.4 Å². The molecule has 0 atom stereocenters. The first-order valence-corrected chi connectivity index (χ1v) is 10.6. The molecule has 0 saturated carbocycles. The van der Waals surface area contributed by atoms with E-state index in [-0.39, 0.29) is 10.6 Å². The molecule has 152 valence electrons. The summed E-state index contributed by atoms with van der Waals surface area (Å²) in [4.78, 5) is 17.0. The fourth-order valence-corrected chi connectivity index (χ4v) is 5.09. The van der Waals surface area contributed by atoms with Gasteiger partial charge in [0.25, 0.3) is 5.69 Å². The first-order valence-electron chi connectivity index (χ1n) is 9.16. The quantitative estimate of drug-likeness (QED) is 0.464. The molecule has 1 aliphatic rings. The van der Waals surface area contributed by atoms with Crippen molar-refractivity contribution < 1.29 is 17.8 Å². The summed E-state index contributed by atoms with van der Waals surface area (Å²) >= 11 is 0. The van der Waals surface area contributed by atoms with Crippen LogP contribution >= 0.6 is 0 Å². The van der Waals surface area contributed by atoms with Crippen molar-refractivity contribution >= 4 is 26.8 Å². The molecule has 0 bridgehead atoms. The molecule has 2 heterocycles. The summed E-state index contributed by atoms with van der Waals surface area (Å²) in [5.74, 6) is 0.594. The number of oxazole rings is 1. The summed E-state index contributed by atoms with van der Waals surface area (Å²) in [6, 6.07) is 11.4. The highest BCUT2D eigenvalue weighted by molar-refractivity contribution is 7.89. The van der Waals surface area contributed by atoms with Crippen molar-refractivity contribution in [1.82, 2.24) is 14.2 Å². The Morgan fingerprint density at radius 2 is 1.86 bits per heavy atom. The number of nitro groups is 1. The lowest BCUT2D eigenvalue weighted by molar-refractivity contribution is -0.385. The van der Waals surface area contributed by atoms with E-state index in [0.29, 0.717) is 44.2 Å². The average Bonchev–Trinajstić information content (AvgIpc) is 3.10. The van der Waals surface area contributed by atoms with Gasteiger partial charge in [0.15, 0.2) is 5.58 Å². The number of fused-ring (bicyclic) bond motifs is 1. The first-order chi connectivity index (χ1) is 13.8. The highest BCUT2D eigenvalue weighted by atomic mass is 32.2. The number of benzene rings is 2. The number of para-hydroxylation sites is 2. The molecule has 0 N–H and O–H groups in total. The maximum Gasteiger partial charge on any atom is 0.270 e. The lowest BCUT2D eigenvalue weighted by Crippen LogP contribution is -2.48. The number of aryl methyl sites for hydroxylation is 1. The number of nitro benzene ring substituents is 1. The van der Waals surface area contributed by atoms with Crippen LogP contribution in [0.1, 0.15) is 11.5 Å². The fourth-order valence-electron chi connectivity index (χ4n) is 3.43. The van der Waals surface area contributed by atoms with Crippen molar-refractivity contribution in [1.29, 1.82) is 0 Å². The van der Waals surface area contributed by atoms with Crippen molar-refractivity contribution in [2.75, 3.05) is 26.2 Å². The summed E-state index contributed by atoms with van der Waals surface area (Å²) in [6.45, 7) is 3.77. The number of nitrogens with zero attached hydrogens (tertiary/aromatic N) is 4. The van der Waals surface area contributed by atoms with E-state index in [1.807, 2.05) is 24.3 Å². The molecule has 1 aromatic heterocycles. The Morgan fingerprint density at radius 1 is 1.14 bits per heavy atom. The number of sulfonamides is 1. The van der Waals surface area contributed by atoms with E-state index >= 15 is 0 Å². The molecule has 10 heteroatoms. The number of non-ortho nitro benzene ring substituents is 1. The highest BCUT2D eigenvalue weighted by Crippen LogP contribution is 2.26. The largest absolute Gasteiger partial charge is 0.439 e. The minimum Gasteiger partial charge on any atom is -0.439 e. The molecule has 0 aliphatic carbocycles. The van der Waals surface area contributed by atoms with E-state index in [9.17, 15) is 18.5 Å². The van der Waals surface area contributed by atoms with Crippen LogP contribution in [0.15, 0.2) is 51.8 Å². The Bertz CT molecular complexity index is 1130. The second-order valence-corrected chi connectivity index (χ2v) is 8.87. The molecule has 4 rings (SSSR count). The van der Waals surface area contributed by atoms with Crippen LogP contribution in [0.2, 0.25) is 0 Å². The maximum atomic E-state index is 13.0. The fraction of sp³-hybridized carbons (Fsp3) is 0.316. The normalized spacial score (nSPS) is 16.3. The molecule has 29 heavy (non-hydrogen) atoms. The summed E-state index contributed by atoms with van der Waals surface area (Å²) in [5.41, 5.74) is 1.78. The number of rotatable bonds is 5. The van der Waals surface area contributed by atoms with E-state index < -0.39 is 14.9 Å². The van der Waals surface area contributed by atoms with Gasteiger partial charge in [-0.25, -0.2) is 13.4 Å². The lowest BCUT2D eigenvalue weighted by Gasteiger charge is -2.33. The van der Waals surface area contributed by atoms with Crippen LogP contribution in [0, 0.1) is 17.0 Å². The van der Waals surface area contributed by atoms with E-state index in [1.165, 1.54) is 16.4 Å². The van der Waals surface area contributed by atoms with Gasteiger partial charge in [0.2, 0.25) is 15.9 Å². The van der Waals surface area contributed by atoms with Gasteiger partial charge >= 0.3 is 0 Å². The third kappa shape index (κ3) is 3.86. The van der Waals surface area contributed by atoms with Gasteiger partial charge < -0.3 is 4.42 Å². The molecule has 0 unspecified atom stereocenters. The van der Waals surface area contributed by atoms with Crippen LogP contribution in [0.5, 0.6) is 0 Å². The van der Waals surface area contributed by atoms with Gasteiger partial charge in [-0.2, -0.15) is 4.31 Å². The molecule has 1 aliphatic heterocycles. The lowest BCUT2D eigenvalue weighted by atomic mass is 10.2.